The Labute approximate surface area is 107 Å². The fourth-order valence-corrected chi connectivity index (χ4v) is 3.72. The molecule has 0 bridgehead atoms. The molecular weight excluding hydrogens is 230 g/mol. The predicted molar refractivity (Wildman–Crippen MR) is 82.4 cm³/mol. The molecule has 2 unspecified atom stereocenters. The molecular formula is C14H30P2. The van der Waals surface area contributed by atoms with Crippen molar-refractivity contribution in [3.63, 3.8) is 0 Å². The van der Waals surface area contributed by atoms with E-state index in [4.69, 9.17) is 0 Å². The molecule has 1 fully saturated rings. The summed E-state index contributed by atoms with van der Waals surface area (Å²) in [5, 5.41) is 1.13. The van der Waals surface area contributed by atoms with Gasteiger partial charge in [-0.05, 0) is 48.8 Å². The van der Waals surface area contributed by atoms with Gasteiger partial charge in [-0.2, -0.15) is 0 Å². The van der Waals surface area contributed by atoms with E-state index < -0.39 is 0 Å². The first-order valence-corrected chi connectivity index (χ1v) is 8.27. The van der Waals surface area contributed by atoms with E-state index in [1.54, 1.807) is 0 Å². The zero-order chi connectivity index (χ0) is 12.1. The third kappa shape index (κ3) is 4.62. The van der Waals surface area contributed by atoms with Crippen molar-refractivity contribution < 1.29 is 0 Å². The first-order valence-electron chi connectivity index (χ1n) is 7.11. The van der Waals surface area contributed by atoms with Crippen LogP contribution in [0.25, 0.3) is 0 Å². The standard InChI is InChI=1S/C14H30P2/c1-3-13(15,4-2)11-8-12-14(16)9-6-5-7-10-14/h3-12,15-16H2,1-2H3. The molecule has 1 aliphatic rings. The molecule has 1 rings (SSSR count). The van der Waals surface area contributed by atoms with Crippen molar-refractivity contribution >= 4 is 18.5 Å². The lowest BCUT2D eigenvalue weighted by molar-refractivity contribution is 0.354. The number of rotatable bonds is 6. The molecule has 0 heterocycles. The van der Waals surface area contributed by atoms with Gasteiger partial charge in [0.1, 0.15) is 0 Å². The average Bonchev–Trinajstić information content (AvgIpc) is 2.29. The third-order valence-corrected chi connectivity index (χ3v) is 6.58. The highest BCUT2D eigenvalue weighted by atomic mass is 31.0. The molecule has 2 heteroatoms. The molecule has 0 aromatic heterocycles. The molecule has 2 atom stereocenters. The second kappa shape index (κ2) is 6.70. The SMILES string of the molecule is CCC(P)(CC)CCCC1(P)CCCCC1. The van der Waals surface area contributed by atoms with Crippen LogP contribution in [-0.2, 0) is 0 Å². The minimum atomic E-state index is 0.524. The van der Waals surface area contributed by atoms with Gasteiger partial charge in [-0.25, -0.2) is 0 Å². The van der Waals surface area contributed by atoms with Gasteiger partial charge in [0, 0.05) is 0 Å². The lowest BCUT2D eigenvalue weighted by Crippen LogP contribution is -2.25. The van der Waals surface area contributed by atoms with Crippen LogP contribution >= 0.6 is 18.5 Å². The fourth-order valence-electron chi connectivity index (χ4n) is 2.90. The molecule has 0 radical (unpaired) electrons. The molecule has 0 N–H and O–H groups in total. The minimum absolute atomic E-state index is 0.524. The molecule has 0 aromatic carbocycles. The second-order valence-electron chi connectivity index (χ2n) is 5.85. The summed E-state index contributed by atoms with van der Waals surface area (Å²) in [4.78, 5) is 0. The Morgan fingerprint density at radius 1 is 1.06 bits per heavy atom. The molecule has 0 aromatic rings. The minimum Gasteiger partial charge on any atom is -0.131 e. The van der Waals surface area contributed by atoms with Crippen LogP contribution in [-0.4, -0.2) is 10.3 Å². The van der Waals surface area contributed by atoms with Crippen molar-refractivity contribution in [2.45, 2.75) is 88.4 Å². The van der Waals surface area contributed by atoms with Gasteiger partial charge in [0.15, 0.2) is 0 Å². The van der Waals surface area contributed by atoms with Crippen LogP contribution in [0.4, 0.5) is 0 Å². The zero-order valence-electron chi connectivity index (χ0n) is 11.2. The normalized spacial score (nSPS) is 21.0. The van der Waals surface area contributed by atoms with Crippen molar-refractivity contribution in [1.82, 2.24) is 0 Å². The summed E-state index contributed by atoms with van der Waals surface area (Å²) in [6.07, 6.45) is 14.1. The van der Waals surface area contributed by atoms with E-state index in [0.717, 1.165) is 0 Å². The van der Waals surface area contributed by atoms with Gasteiger partial charge < -0.3 is 0 Å². The molecule has 16 heavy (non-hydrogen) atoms. The highest BCUT2D eigenvalue weighted by Crippen LogP contribution is 2.41. The lowest BCUT2D eigenvalue weighted by atomic mass is 9.83. The Balaban J connectivity index is 2.28. The van der Waals surface area contributed by atoms with E-state index >= 15 is 0 Å². The van der Waals surface area contributed by atoms with Crippen molar-refractivity contribution in [2.75, 3.05) is 0 Å². The van der Waals surface area contributed by atoms with Crippen LogP contribution in [0.15, 0.2) is 0 Å². The molecule has 0 spiro atoms. The first kappa shape index (κ1) is 14.9. The summed E-state index contributed by atoms with van der Waals surface area (Å²) in [5.41, 5.74) is 0. The van der Waals surface area contributed by atoms with E-state index in [1.807, 2.05) is 0 Å². The van der Waals surface area contributed by atoms with E-state index in [0.29, 0.717) is 10.3 Å². The molecule has 0 amide bonds. The van der Waals surface area contributed by atoms with Crippen molar-refractivity contribution in [3.05, 3.63) is 0 Å². The Hall–Kier alpha value is 0.860. The molecule has 0 aliphatic heterocycles. The van der Waals surface area contributed by atoms with Gasteiger partial charge in [0.05, 0.1) is 0 Å². The van der Waals surface area contributed by atoms with E-state index in [9.17, 15) is 0 Å². The molecule has 0 nitrogen and oxygen atoms in total. The Bertz CT molecular complexity index is 191. The maximum Gasteiger partial charge on any atom is -0.0150 e. The maximum absolute atomic E-state index is 3.18. The van der Waals surface area contributed by atoms with Gasteiger partial charge in [0.25, 0.3) is 0 Å². The molecule has 0 saturated heterocycles. The fraction of sp³-hybridized carbons (Fsp3) is 1.00. The maximum atomic E-state index is 3.18. The monoisotopic (exact) mass is 260 g/mol. The highest BCUT2D eigenvalue weighted by Gasteiger charge is 2.28. The molecule has 1 aliphatic carbocycles. The average molecular weight is 260 g/mol. The van der Waals surface area contributed by atoms with Gasteiger partial charge in [0.2, 0.25) is 0 Å². The Morgan fingerprint density at radius 2 is 1.62 bits per heavy atom. The largest absolute Gasteiger partial charge is 0.131 e. The number of hydrogen-bond acceptors (Lipinski definition) is 0. The van der Waals surface area contributed by atoms with E-state index in [2.05, 4.69) is 32.3 Å². The Kier molecular flexibility index (Phi) is 6.25. The van der Waals surface area contributed by atoms with Crippen LogP contribution in [0.5, 0.6) is 0 Å². The summed E-state index contributed by atoms with van der Waals surface area (Å²) >= 11 is 0. The second-order valence-corrected chi connectivity index (χ2v) is 8.30. The van der Waals surface area contributed by atoms with Crippen LogP contribution in [0.1, 0.15) is 78.1 Å². The number of hydrogen-bond donors (Lipinski definition) is 0. The van der Waals surface area contributed by atoms with Gasteiger partial charge >= 0.3 is 0 Å². The Morgan fingerprint density at radius 3 is 2.12 bits per heavy atom. The van der Waals surface area contributed by atoms with Crippen molar-refractivity contribution in [2.24, 2.45) is 0 Å². The van der Waals surface area contributed by atoms with Crippen molar-refractivity contribution in [3.8, 4) is 0 Å². The van der Waals surface area contributed by atoms with Crippen LogP contribution in [0.2, 0.25) is 0 Å². The predicted octanol–water partition coefficient (Wildman–Crippen LogP) is 5.17. The quantitative estimate of drug-likeness (QED) is 0.578. The van der Waals surface area contributed by atoms with Gasteiger partial charge in [-0.3, -0.25) is 0 Å². The summed E-state index contributed by atoms with van der Waals surface area (Å²) in [6, 6.07) is 0. The van der Waals surface area contributed by atoms with Gasteiger partial charge in [-0.1, -0.05) is 39.5 Å². The zero-order valence-corrected chi connectivity index (χ0v) is 13.5. The highest BCUT2D eigenvalue weighted by molar-refractivity contribution is 7.19. The van der Waals surface area contributed by atoms with Crippen molar-refractivity contribution in [1.29, 1.82) is 0 Å². The third-order valence-electron chi connectivity index (χ3n) is 4.61. The summed E-state index contributed by atoms with van der Waals surface area (Å²) in [7, 11) is 6.29. The topological polar surface area (TPSA) is 0 Å². The van der Waals surface area contributed by atoms with E-state index in [-0.39, 0.29) is 0 Å². The van der Waals surface area contributed by atoms with E-state index in [1.165, 1.54) is 64.2 Å². The molecule has 1 saturated carbocycles. The lowest BCUT2D eigenvalue weighted by Gasteiger charge is -2.35. The first-order chi connectivity index (χ1) is 7.54. The van der Waals surface area contributed by atoms with Gasteiger partial charge in [-0.15, -0.1) is 18.5 Å². The van der Waals surface area contributed by atoms with Crippen LogP contribution in [0, 0.1) is 0 Å². The smallest absolute Gasteiger partial charge is 0.0150 e. The van der Waals surface area contributed by atoms with Crippen LogP contribution in [0.3, 0.4) is 0 Å². The summed E-state index contributed by atoms with van der Waals surface area (Å²) in [6.45, 7) is 4.65. The summed E-state index contributed by atoms with van der Waals surface area (Å²) in [5.74, 6) is 0. The van der Waals surface area contributed by atoms with Crippen LogP contribution < -0.4 is 0 Å². The molecule has 96 valence electrons. The summed E-state index contributed by atoms with van der Waals surface area (Å²) < 4.78 is 0.